The average molecular weight is 423 g/mol. The second-order valence-corrected chi connectivity index (χ2v) is 9.18. The minimum absolute atomic E-state index is 0.130. The van der Waals surface area contributed by atoms with E-state index in [4.69, 9.17) is 0 Å². The fourth-order valence-corrected chi connectivity index (χ4v) is 4.25. The van der Waals surface area contributed by atoms with Crippen LogP contribution in [0.5, 0.6) is 0 Å². The first-order chi connectivity index (χ1) is 14.2. The van der Waals surface area contributed by atoms with Crippen LogP contribution < -0.4 is 10.0 Å². The molecule has 0 radical (unpaired) electrons. The second-order valence-electron chi connectivity index (χ2n) is 7.46. The Morgan fingerprint density at radius 3 is 2.17 bits per heavy atom. The predicted octanol–water partition coefficient (Wildman–Crippen LogP) is 4.14. The van der Waals surface area contributed by atoms with Gasteiger partial charge < -0.3 is 5.32 Å². The fourth-order valence-electron chi connectivity index (χ4n) is 3.06. The number of nitrogens with one attached hydrogen (secondary N) is 2. The van der Waals surface area contributed by atoms with Crippen LogP contribution in [0, 0.1) is 20.8 Å². The van der Waals surface area contributed by atoms with Crippen LogP contribution in [0.4, 0.5) is 5.69 Å². The summed E-state index contributed by atoms with van der Waals surface area (Å²) < 4.78 is 28.4. The quantitative estimate of drug-likeness (QED) is 0.601. The maximum Gasteiger partial charge on any atom is 0.242 e. The maximum atomic E-state index is 13.0. The van der Waals surface area contributed by atoms with Crippen LogP contribution in [0.1, 0.15) is 22.3 Å². The lowest BCUT2D eigenvalue weighted by Crippen LogP contribution is -2.45. The lowest BCUT2D eigenvalue weighted by atomic mass is 10.1. The Morgan fingerprint density at radius 2 is 1.53 bits per heavy atom. The summed E-state index contributed by atoms with van der Waals surface area (Å²) in [6.45, 7) is 5.85. The Bertz CT molecular complexity index is 1120. The predicted molar refractivity (Wildman–Crippen MR) is 120 cm³/mol. The average Bonchev–Trinajstić information content (AvgIpc) is 2.71. The third kappa shape index (κ3) is 5.55. The van der Waals surface area contributed by atoms with Crippen molar-refractivity contribution in [2.75, 3.05) is 5.32 Å². The summed E-state index contributed by atoms with van der Waals surface area (Å²) in [4.78, 5) is 13.2. The molecule has 0 saturated heterocycles. The molecule has 1 atom stereocenters. The summed E-state index contributed by atoms with van der Waals surface area (Å²) in [6.07, 6.45) is 0.239. The zero-order chi connectivity index (χ0) is 21.7. The molecule has 0 bridgehead atoms. The molecule has 1 amide bonds. The van der Waals surface area contributed by atoms with Crippen LogP contribution >= 0.6 is 0 Å². The highest BCUT2D eigenvalue weighted by Crippen LogP contribution is 2.16. The van der Waals surface area contributed by atoms with Crippen LogP contribution in [0.2, 0.25) is 0 Å². The Kier molecular flexibility index (Phi) is 6.70. The van der Waals surface area contributed by atoms with E-state index in [9.17, 15) is 13.2 Å². The topological polar surface area (TPSA) is 75.3 Å². The molecule has 0 heterocycles. The van der Waals surface area contributed by atoms with Gasteiger partial charge in [-0.2, -0.15) is 4.72 Å². The molecular weight excluding hydrogens is 396 g/mol. The standard InChI is InChI=1S/C24H26N2O3S/c1-17-9-13-22(14-10-17)30(28,29)26-23(16-20-7-5-4-6-8-20)24(27)25-21-12-11-18(2)19(3)15-21/h4-15,23,26H,16H2,1-3H3,(H,25,27)/t23-/m1/s1. The number of hydrogen-bond acceptors (Lipinski definition) is 3. The number of benzene rings is 3. The monoisotopic (exact) mass is 422 g/mol. The third-order valence-corrected chi connectivity index (χ3v) is 6.49. The molecule has 3 aromatic carbocycles. The maximum absolute atomic E-state index is 13.0. The molecule has 0 spiro atoms. The molecule has 30 heavy (non-hydrogen) atoms. The molecule has 0 aromatic heterocycles. The van der Waals surface area contributed by atoms with Crippen LogP contribution in [0.3, 0.4) is 0 Å². The van der Waals surface area contributed by atoms with Gasteiger partial charge in [-0.3, -0.25) is 4.79 Å². The van der Waals surface area contributed by atoms with E-state index in [0.717, 1.165) is 22.3 Å². The van der Waals surface area contributed by atoms with Crippen LogP contribution in [0.25, 0.3) is 0 Å². The van der Waals surface area contributed by atoms with E-state index in [-0.39, 0.29) is 11.3 Å². The summed E-state index contributed by atoms with van der Waals surface area (Å²) in [5, 5.41) is 2.85. The summed E-state index contributed by atoms with van der Waals surface area (Å²) in [7, 11) is -3.86. The van der Waals surface area contributed by atoms with E-state index in [0.29, 0.717) is 5.69 Å². The molecule has 3 rings (SSSR count). The smallest absolute Gasteiger partial charge is 0.242 e. The number of carbonyl (C=O) groups excluding carboxylic acids is 1. The minimum Gasteiger partial charge on any atom is -0.325 e. The van der Waals surface area contributed by atoms with Gasteiger partial charge in [-0.05, 0) is 68.1 Å². The van der Waals surface area contributed by atoms with Gasteiger partial charge in [0.1, 0.15) is 6.04 Å². The third-order valence-electron chi connectivity index (χ3n) is 5.00. The van der Waals surface area contributed by atoms with Gasteiger partial charge in [0.25, 0.3) is 0 Å². The largest absolute Gasteiger partial charge is 0.325 e. The first-order valence-electron chi connectivity index (χ1n) is 9.75. The molecule has 0 aliphatic carbocycles. The number of aryl methyl sites for hydroxylation is 3. The van der Waals surface area contributed by atoms with E-state index >= 15 is 0 Å². The van der Waals surface area contributed by atoms with Crippen LogP contribution in [-0.4, -0.2) is 20.4 Å². The molecule has 2 N–H and O–H groups in total. The first kappa shape index (κ1) is 21.7. The highest BCUT2D eigenvalue weighted by molar-refractivity contribution is 7.89. The Morgan fingerprint density at radius 1 is 0.867 bits per heavy atom. The molecule has 0 saturated carbocycles. The molecule has 6 heteroatoms. The minimum atomic E-state index is -3.86. The summed E-state index contributed by atoms with van der Waals surface area (Å²) in [6, 6.07) is 20.5. The first-order valence-corrected chi connectivity index (χ1v) is 11.2. The van der Waals surface area contributed by atoms with Crippen molar-refractivity contribution < 1.29 is 13.2 Å². The van der Waals surface area contributed by atoms with Crippen LogP contribution in [0.15, 0.2) is 77.7 Å². The molecule has 0 unspecified atom stereocenters. The van der Waals surface area contributed by atoms with Gasteiger partial charge in [0.05, 0.1) is 4.90 Å². The lowest BCUT2D eigenvalue weighted by Gasteiger charge is -2.19. The van der Waals surface area contributed by atoms with Gasteiger partial charge in [0, 0.05) is 5.69 Å². The van der Waals surface area contributed by atoms with E-state index in [1.54, 1.807) is 24.3 Å². The Balaban J connectivity index is 1.86. The summed E-state index contributed by atoms with van der Waals surface area (Å²) in [5.74, 6) is -0.405. The Hall–Kier alpha value is -2.96. The van der Waals surface area contributed by atoms with Crippen molar-refractivity contribution in [3.05, 3.63) is 95.1 Å². The highest BCUT2D eigenvalue weighted by Gasteiger charge is 2.26. The van der Waals surface area contributed by atoms with Gasteiger partial charge in [0.2, 0.25) is 15.9 Å². The van der Waals surface area contributed by atoms with Crippen molar-refractivity contribution in [2.24, 2.45) is 0 Å². The van der Waals surface area contributed by atoms with E-state index in [1.165, 1.54) is 0 Å². The van der Waals surface area contributed by atoms with Gasteiger partial charge in [0.15, 0.2) is 0 Å². The van der Waals surface area contributed by atoms with Crippen molar-refractivity contribution in [1.29, 1.82) is 0 Å². The van der Waals surface area contributed by atoms with Crippen molar-refractivity contribution in [3.63, 3.8) is 0 Å². The lowest BCUT2D eigenvalue weighted by molar-refractivity contribution is -0.117. The molecule has 156 valence electrons. The molecule has 3 aromatic rings. The number of sulfonamides is 1. The number of anilines is 1. The molecule has 0 aliphatic rings. The fraction of sp³-hybridized carbons (Fsp3) is 0.208. The van der Waals surface area contributed by atoms with Gasteiger partial charge >= 0.3 is 0 Å². The number of carbonyl (C=O) groups is 1. The number of hydrogen-bond donors (Lipinski definition) is 2. The number of amides is 1. The van der Waals surface area contributed by atoms with E-state index in [2.05, 4.69) is 10.0 Å². The van der Waals surface area contributed by atoms with Crippen molar-refractivity contribution >= 4 is 21.6 Å². The van der Waals surface area contributed by atoms with Gasteiger partial charge in [-0.15, -0.1) is 0 Å². The summed E-state index contributed by atoms with van der Waals surface area (Å²) in [5.41, 5.74) is 4.63. The van der Waals surface area contributed by atoms with Gasteiger partial charge in [-0.25, -0.2) is 8.42 Å². The molecular formula is C24H26N2O3S. The zero-order valence-electron chi connectivity index (χ0n) is 17.3. The zero-order valence-corrected chi connectivity index (χ0v) is 18.2. The van der Waals surface area contributed by atoms with E-state index in [1.807, 2.05) is 69.3 Å². The van der Waals surface area contributed by atoms with Crippen molar-refractivity contribution in [2.45, 2.75) is 38.1 Å². The second kappa shape index (κ2) is 9.24. The number of rotatable bonds is 7. The molecule has 0 fully saturated rings. The summed E-state index contributed by atoms with van der Waals surface area (Å²) >= 11 is 0. The SMILES string of the molecule is Cc1ccc(S(=O)(=O)N[C@H](Cc2ccccc2)C(=O)Nc2ccc(C)c(C)c2)cc1. The Labute approximate surface area is 178 Å². The normalized spacial score (nSPS) is 12.4. The van der Waals surface area contributed by atoms with E-state index < -0.39 is 22.0 Å². The molecule has 5 nitrogen and oxygen atoms in total. The molecule has 0 aliphatic heterocycles. The van der Waals surface area contributed by atoms with Crippen molar-refractivity contribution in [1.82, 2.24) is 4.72 Å². The van der Waals surface area contributed by atoms with Crippen LogP contribution in [-0.2, 0) is 21.2 Å². The highest BCUT2D eigenvalue weighted by atomic mass is 32.2. The van der Waals surface area contributed by atoms with Crippen molar-refractivity contribution in [3.8, 4) is 0 Å². The van der Waals surface area contributed by atoms with Gasteiger partial charge in [-0.1, -0.05) is 54.1 Å².